The number of carbonyl (C=O) groups is 2. The summed E-state index contributed by atoms with van der Waals surface area (Å²) in [6.07, 6.45) is 10.7. The predicted molar refractivity (Wildman–Crippen MR) is 120 cm³/mol. The van der Waals surface area contributed by atoms with Gasteiger partial charge < -0.3 is 9.80 Å². The molecule has 2 heterocycles. The van der Waals surface area contributed by atoms with E-state index in [0.717, 1.165) is 67.2 Å². The number of hydrogen-bond donors (Lipinski definition) is 0. The highest BCUT2D eigenvalue weighted by atomic mass is 16.2. The molecule has 2 aliphatic heterocycles. The van der Waals surface area contributed by atoms with E-state index in [9.17, 15) is 9.59 Å². The van der Waals surface area contributed by atoms with Crippen LogP contribution < -0.4 is 0 Å². The number of piperidine rings is 2. The fourth-order valence-electron chi connectivity index (χ4n) is 5.97. The van der Waals surface area contributed by atoms with Crippen LogP contribution in [0.25, 0.3) is 10.8 Å². The van der Waals surface area contributed by atoms with Crippen LogP contribution in [0, 0.1) is 5.92 Å². The van der Waals surface area contributed by atoms with Gasteiger partial charge in [0.1, 0.15) is 0 Å². The number of carbonyl (C=O) groups excluding carboxylic acids is 2. The molecule has 158 valence electrons. The van der Waals surface area contributed by atoms with Gasteiger partial charge in [-0.2, -0.15) is 0 Å². The Morgan fingerprint density at radius 3 is 2.03 bits per heavy atom. The third-order valence-corrected chi connectivity index (χ3v) is 7.53. The van der Waals surface area contributed by atoms with Crippen LogP contribution in [-0.4, -0.2) is 47.3 Å². The van der Waals surface area contributed by atoms with Gasteiger partial charge in [-0.3, -0.25) is 9.59 Å². The summed E-state index contributed by atoms with van der Waals surface area (Å²) in [6, 6.07) is 12.2. The molecule has 0 bridgehead atoms. The van der Waals surface area contributed by atoms with Gasteiger partial charge in [0, 0.05) is 36.8 Å². The summed E-state index contributed by atoms with van der Waals surface area (Å²) in [4.78, 5) is 31.0. The first-order valence-electron chi connectivity index (χ1n) is 11.9. The Bertz CT molecular complexity index is 945. The number of likely N-dealkylation sites (tertiary alicyclic amines) is 2. The molecule has 1 aliphatic carbocycles. The Morgan fingerprint density at radius 1 is 0.667 bits per heavy atom. The van der Waals surface area contributed by atoms with E-state index in [1.807, 2.05) is 41.3 Å². The van der Waals surface area contributed by atoms with Crippen molar-refractivity contribution in [1.82, 2.24) is 9.80 Å². The van der Waals surface area contributed by atoms with Gasteiger partial charge in [-0.1, -0.05) is 37.1 Å². The predicted octanol–water partition coefficient (Wildman–Crippen LogP) is 5.26. The van der Waals surface area contributed by atoms with Gasteiger partial charge in [-0.25, -0.2) is 0 Å². The van der Waals surface area contributed by atoms with Crippen LogP contribution >= 0.6 is 0 Å². The van der Waals surface area contributed by atoms with E-state index in [1.54, 1.807) is 0 Å². The SMILES string of the molecule is O=C(c1ccc(C(=O)N2CCCC3CCCCC32)c2ccccc12)N1CCCCC1. The highest BCUT2D eigenvalue weighted by Gasteiger charge is 2.36. The van der Waals surface area contributed by atoms with Crippen LogP contribution in [0.2, 0.25) is 0 Å². The lowest BCUT2D eigenvalue weighted by atomic mass is 9.78. The molecule has 0 N–H and O–H groups in total. The molecule has 4 nitrogen and oxygen atoms in total. The molecular weight excluding hydrogens is 372 g/mol. The van der Waals surface area contributed by atoms with Crippen molar-refractivity contribution in [2.75, 3.05) is 19.6 Å². The minimum absolute atomic E-state index is 0.107. The van der Waals surface area contributed by atoms with Gasteiger partial charge in [-0.15, -0.1) is 0 Å². The summed E-state index contributed by atoms with van der Waals surface area (Å²) in [6.45, 7) is 2.54. The molecule has 2 atom stereocenters. The summed E-state index contributed by atoms with van der Waals surface area (Å²) in [5.41, 5.74) is 1.49. The Hall–Kier alpha value is -2.36. The third-order valence-electron chi connectivity index (χ3n) is 7.53. The minimum atomic E-state index is 0.107. The van der Waals surface area contributed by atoms with Crippen molar-refractivity contribution >= 4 is 22.6 Å². The van der Waals surface area contributed by atoms with Crippen LogP contribution in [0.15, 0.2) is 36.4 Å². The largest absolute Gasteiger partial charge is 0.339 e. The molecule has 3 aliphatic rings. The zero-order valence-corrected chi connectivity index (χ0v) is 17.8. The van der Waals surface area contributed by atoms with Crippen molar-refractivity contribution in [1.29, 1.82) is 0 Å². The molecular formula is C26H32N2O2. The molecule has 0 radical (unpaired) electrons. The summed E-state index contributed by atoms with van der Waals surface area (Å²) >= 11 is 0. The maximum atomic E-state index is 13.7. The molecule has 2 aromatic rings. The maximum Gasteiger partial charge on any atom is 0.254 e. The topological polar surface area (TPSA) is 40.6 Å². The quantitative estimate of drug-likeness (QED) is 0.685. The van der Waals surface area contributed by atoms with Crippen LogP contribution in [0.3, 0.4) is 0 Å². The zero-order chi connectivity index (χ0) is 20.5. The summed E-state index contributed by atoms with van der Waals surface area (Å²) in [5, 5.41) is 1.83. The molecule has 2 unspecified atom stereocenters. The van der Waals surface area contributed by atoms with Crippen LogP contribution in [0.5, 0.6) is 0 Å². The first kappa shape index (κ1) is 19.6. The van der Waals surface area contributed by atoms with Crippen LogP contribution in [0.1, 0.15) is 78.5 Å². The number of fused-ring (bicyclic) bond motifs is 2. The van der Waals surface area contributed by atoms with Crippen molar-refractivity contribution in [3.05, 3.63) is 47.5 Å². The van der Waals surface area contributed by atoms with Crippen molar-refractivity contribution < 1.29 is 9.59 Å². The smallest absolute Gasteiger partial charge is 0.254 e. The van der Waals surface area contributed by atoms with Gasteiger partial charge >= 0.3 is 0 Å². The second-order valence-electron chi connectivity index (χ2n) is 9.31. The Balaban J connectivity index is 1.49. The lowest BCUT2D eigenvalue weighted by Crippen LogP contribution is -2.49. The first-order chi connectivity index (χ1) is 14.7. The molecule has 0 spiro atoms. The Kier molecular flexibility index (Phi) is 5.49. The van der Waals surface area contributed by atoms with Gasteiger partial charge in [0.25, 0.3) is 11.8 Å². The van der Waals surface area contributed by atoms with Crippen LogP contribution in [0.4, 0.5) is 0 Å². The molecule has 3 fully saturated rings. The molecule has 5 rings (SSSR count). The third kappa shape index (κ3) is 3.51. The van der Waals surface area contributed by atoms with E-state index in [-0.39, 0.29) is 11.8 Å². The highest BCUT2D eigenvalue weighted by Crippen LogP contribution is 2.37. The normalized spacial score (nSPS) is 24.5. The van der Waals surface area contributed by atoms with Crippen molar-refractivity contribution in [3.8, 4) is 0 Å². The molecule has 0 aromatic heterocycles. The van der Waals surface area contributed by atoms with Crippen LogP contribution in [-0.2, 0) is 0 Å². The van der Waals surface area contributed by atoms with E-state index in [1.165, 1.54) is 32.1 Å². The summed E-state index contributed by atoms with van der Waals surface area (Å²) < 4.78 is 0. The minimum Gasteiger partial charge on any atom is -0.339 e. The maximum absolute atomic E-state index is 13.7. The molecule has 1 saturated carbocycles. The van der Waals surface area contributed by atoms with Crippen molar-refractivity contribution in [3.63, 3.8) is 0 Å². The van der Waals surface area contributed by atoms with Crippen molar-refractivity contribution in [2.24, 2.45) is 5.92 Å². The van der Waals surface area contributed by atoms with Gasteiger partial charge in [0.2, 0.25) is 0 Å². The number of rotatable bonds is 2. The fourth-order valence-corrected chi connectivity index (χ4v) is 5.97. The summed E-state index contributed by atoms with van der Waals surface area (Å²) in [5.74, 6) is 0.928. The van der Waals surface area contributed by atoms with E-state index in [2.05, 4.69) is 4.90 Å². The fraction of sp³-hybridized carbons (Fsp3) is 0.538. The van der Waals surface area contributed by atoms with Gasteiger partial charge in [-0.05, 0) is 73.8 Å². The number of nitrogens with zero attached hydrogens (tertiary/aromatic N) is 2. The van der Waals surface area contributed by atoms with E-state index >= 15 is 0 Å². The molecule has 30 heavy (non-hydrogen) atoms. The zero-order valence-electron chi connectivity index (χ0n) is 17.8. The molecule has 2 amide bonds. The molecule has 2 aromatic carbocycles. The average Bonchev–Trinajstić information content (AvgIpc) is 2.82. The lowest BCUT2D eigenvalue weighted by Gasteiger charge is -2.44. The van der Waals surface area contributed by atoms with Crippen molar-refractivity contribution in [2.45, 2.75) is 63.8 Å². The Labute approximate surface area is 179 Å². The average molecular weight is 405 g/mol. The Morgan fingerprint density at radius 2 is 1.30 bits per heavy atom. The monoisotopic (exact) mass is 404 g/mol. The van der Waals surface area contributed by atoms with Gasteiger partial charge in [0.15, 0.2) is 0 Å². The first-order valence-corrected chi connectivity index (χ1v) is 11.9. The number of hydrogen-bond acceptors (Lipinski definition) is 2. The number of amides is 2. The van der Waals surface area contributed by atoms with E-state index in [0.29, 0.717) is 12.0 Å². The summed E-state index contributed by atoms with van der Waals surface area (Å²) in [7, 11) is 0. The number of benzene rings is 2. The second kappa shape index (κ2) is 8.41. The van der Waals surface area contributed by atoms with Gasteiger partial charge in [0.05, 0.1) is 0 Å². The second-order valence-corrected chi connectivity index (χ2v) is 9.31. The lowest BCUT2D eigenvalue weighted by molar-refractivity contribution is 0.0392. The molecule has 2 saturated heterocycles. The highest BCUT2D eigenvalue weighted by molar-refractivity contribution is 6.14. The molecule has 4 heteroatoms. The van der Waals surface area contributed by atoms with E-state index in [4.69, 9.17) is 0 Å². The van der Waals surface area contributed by atoms with E-state index < -0.39 is 0 Å². The standard InChI is InChI=1S/C26H32N2O2/c29-25(27-16-6-1-7-17-27)22-14-15-23(21-12-4-3-11-20(21)22)26(30)28-18-8-10-19-9-2-5-13-24(19)28/h3-4,11-12,14-15,19,24H,1-2,5-10,13,16-18H2.